The van der Waals surface area contributed by atoms with Gasteiger partial charge in [0.1, 0.15) is 0 Å². The van der Waals surface area contributed by atoms with E-state index in [1.807, 2.05) is 42.5 Å². The molecule has 0 aliphatic rings. The number of rotatable bonds is 6. The minimum atomic E-state index is -0.448. The number of aromatic nitrogens is 2. The molecule has 34 heavy (non-hydrogen) atoms. The molecule has 0 radical (unpaired) electrons. The summed E-state index contributed by atoms with van der Waals surface area (Å²) >= 11 is 1.65. The average Bonchev–Trinajstić information content (AvgIpc) is 3.50. The lowest BCUT2D eigenvalue weighted by molar-refractivity contribution is 0.0951. The Labute approximate surface area is 199 Å². The number of nitrogens with one attached hydrogen (secondary N) is 4. The number of benzene rings is 3. The number of thiophene rings is 1. The van der Waals surface area contributed by atoms with Gasteiger partial charge in [0.05, 0.1) is 10.6 Å². The van der Waals surface area contributed by atoms with Crippen LogP contribution in [-0.2, 0) is 6.54 Å². The number of hydrogen-bond donors (Lipinski definition) is 4. The molecule has 5 aromatic rings. The van der Waals surface area contributed by atoms with Crippen molar-refractivity contribution in [2.24, 2.45) is 0 Å². The Balaban J connectivity index is 1.20. The van der Waals surface area contributed by atoms with E-state index in [9.17, 15) is 9.59 Å². The van der Waals surface area contributed by atoms with Crippen molar-refractivity contribution in [1.29, 1.82) is 0 Å². The smallest absolute Gasteiger partial charge is 0.324 e. The van der Waals surface area contributed by atoms with Crippen LogP contribution in [0.2, 0.25) is 0 Å². The van der Waals surface area contributed by atoms with Crippen LogP contribution in [0.15, 0.2) is 91.0 Å². The van der Waals surface area contributed by atoms with Crippen molar-refractivity contribution in [3.8, 4) is 10.6 Å². The molecule has 3 amide bonds. The molecule has 0 aliphatic heterocycles. The van der Waals surface area contributed by atoms with Gasteiger partial charge < -0.3 is 10.6 Å². The van der Waals surface area contributed by atoms with Crippen LogP contribution in [0, 0.1) is 0 Å². The van der Waals surface area contributed by atoms with Crippen LogP contribution in [0.5, 0.6) is 0 Å². The van der Waals surface area contributed by atoms with Crippen molar-refractivity contribution < 1.29 is 9.59 Å². The molecular formula is C26H21N5O2S. The summed E-state index contributed by atoms with van der Waals surface area (Å²) in [6.45, 7) is 0.430. The van der Waals surface area contributed by atoms with Gasteiger partial charge in [0, 0.05) is 28.6 Å². The molecule has 0 bridgehead atoms. The molecule has 7 nitrogen and oxygen atoms in total. The van der Waals surface area contributed by atoms with Crippen LogP contribution >= 0.6 is 11.3 Å². The van der Waals surface area contributed by atoms with E-state index in [1.165, 1.54) is 4.70 Å². The van der Waals surface area contributed by atoms with Gasteiger partial charge in [-0.3, -0.25) is 15.2 Å². The lowest BCUT2D eigenvalue weighted by Gasteiger charge is -2.09. The normalized spacial score (nSPS) is 10.7. The van der Waals surface area contributed by atoms with Crippen molar-refractivity contribution in [3.05, 3.63) is 102 Å². The predicted molar refractivity (Wildman–Crippen MR) is 136 cm³/mol. The fourth-order valence-electron chi connectivity index (χ4n) is 3.52. The van der Waals surface area contributed by atoms with Crippen LogP contribution in [0.4, 0.5) is 16.3 Å². The van der Waals surface area contributed by atoms with Crippen molar-refractivity contribution in [1.82, 2.24) is 15.5 Å². The van der Waals surface area contributed by atoms with Gasteiger partial charge in [0.15, 0.2) is 5.82 Å². The predicted octanol–water partition coefficient (Wildman–Crippen LogP) is 5.87. The fourth-order valence-corrected chi connectivity index (χ4v) is 4.55. The first-order valence-electron chi connectivity index (χ1n) is 10.7. The molecule has 0 saturated heterocycles. The summed E-state index contributed by atoms with van der Waals surface area (Å²) in [5.41, 5.74) is 2.80. The van der Waals surface area contributed by atoms with E-state index in [1.54, 1.807) is 41.7 Å². The highest BCUT2D eigenvalue weighted by Crippen LogP contribution is 2.33. The van der Waals surface area contributed by atoms with Gasteiger partial charge in [-0.05, 0) is 41.3 Å². The third kappa shape index (κ3) is 4.97. The standard InChI is InChI=1S/C26H21N5O2S/c32-25(27-16-17-7-2-1-3-8-17)19-10-6-11-20(13-19)28-26(33)29-24-15-21(30-31-24)23-14-18-9-4-5-12-22(18)34-23/h1-15H,16H2,(H,27,32)(H3,28,29,30,31,33). The van der Waals surface area contributed by atoms with Gasteiger partial charge in [-0.15, -0.1) is 11.3 Å². The molecule has 0 unspecified atom stereocenters. The van der Waals surface area contributed by atoms with Crippen LogP contribution in [0.3, 0.4) is 0 Å². The number of nitrogens with zero attached hydrogens (tertiary/aromatic N) is 1. The van der Waals surface area contributed by atoms with Crippen LogP contribution in [0.25, 0.3) is 20.7 Å². The Morgan fingerprint density at radius 1 is 0.853 bits per heavy atom. The minimum absolute atomic E-state index is 0.215. The quantitative estimate of drug-likeness (QED) is 0.251. The Kier molecular flexibility index (Phi) is 6.05. The molecule has 0 fully saturated rings. The topological polar surface area (TPSA) is 98.9 Å². The molecule has 168 valence electrons. The van der Waals surface area contributed by atoms with Gasteiger partial charge in [-0.2, -0.15) is 5.10 Å². The molecule has 0 atom stereocenters. The molecule has 0 aliphatic carbocycles. The monoisotopic (exact) mass is 467 g/mol. The molecule has 4 N–H and O–H groups in total. The van der Waals surface area contributed by atoms with Crippen LogP contribution in [0.1, 0.15) is 15.9 Å². The third-order valence-corrected chi connectivity index (χ3v) is 6.34. The molecule has 0 spiro atoms. The second-order valence-electron chi connectivity index (χ2n) is 7.64. The van der Waals surface area contributed by atoms with Gasteiger partial charge in [-0.25, -0.2) is 4.79 Å². The van der Waals surface area contributed by atoms with Crippen molar-refractivity contribution in [2.45, 2.75) is 6.54 Å². The summed E-state index contributed by atoms with van der Waals surface area (Å²) in [5.74, 6) is 0.190. The summed E-state index contributed by atoms with van der Waals surface area (Å²) in [7, 11) is 0. The van der Waals surface area contributed by atoms with E-state index >= 15 is 0 Å². The van der Waals surface area contributed by atoms with Crippen molar-refractivity contribution in [2.75, 3.05) is 10.6 Å². The van der Waals surface area contributed by atoms with Crippen molar-refractivity contribution in [3.63, 3.8) is 0 Å². The molecule has 2 aromatic heterocycles. The number of urea groups is 1. The summed E-state index contributed by atoms with van der Waals surface area (Å²) < 4.78 is 1.19. The van der Waals surface area contributed by atoms with E-state index < -0.39 is 6.03 Å². The van der Waals surface area contributed by atoms with Gasteiger partial charge in [0.25, 0.3) is 5.91 Å². The highest BCUT2D eigenvalue weighted by molar-refractivity contribution is 7.22. The lowest BCUT2D eigenvalue weighted by atomic mass is 10.1. The summed E-state index contributed by atoms with van der Waals surface area (Å²) in [4.78, 5) is 26.0. The molecular weight excluding hydrogens is 446 g/mol. The maximum Gasteiger partial charge on any atom is 0.324 e. The Morgan fingerprint density at radius 2 is 1.68 bits per heavy atom. The summed E-state index contributed by atoms with van der Waals surface area (Å²) in [6.07, 6.45) is 0. The largest absolute Gasteiger partial charge is 0.348 e. The maximum absolute atomic E-state index is 12.5. The summed E-state index contributed by atoms with van der Waals surface area (Å²) in [6, 6.07) is 28.0. The van der Waals surface area contributed by atoms with Gasteiger partial charge in [0.2, 0.25) is 0 Å². The first-order valence-corrected chi connectivity index (χ1v) is 11.5. The van der Waals surface area contributed by atoms with Gasteiger partial charge >= 0.3 is 6.03 Å². The Hall–Kier alpha value is -4.43. The van der Waals surface area contributed by atoms with Crippen molar-refractivity contribution >= 4 is 44.9 Å². The molecule has 2 heterocycles. The first kappa shape index (κ1) is 21.4. The molecule has 8 heteroatoms. The van der Waals surface area contributed by atoms with E-state index in [0.29, 0.717) is 23.6 Å². The number of carbonyl (C=O) groups excluding carboxylic acids is 2. The molecule has 0 saturated carbocycles. The Morgan fingerprint density at radius 3 is 2.53 bits per heavy atom. The Bertz CT molecular complexity index is 1430. The number of carbonyl (C=O) groups is 2. The zero-order valence-electron chi connectivity index (χ0n) is 18.0. The number of fused-ring (bicyclic) bond motifs is 1. The second kappa shape index (κ2) is 9.60. The minimum Gasteiger partial charge on any atom is -0.348 e. The molecule has 3 aromatic carbocycles. The summed E-state index contributed by atoms with van der Waals surface area (Å²) in [5, 5.41) is 16.7. The highest BCUT2D eigenvalue weighted by Gasteiger charge is 2.11. The number of aromatic amines is 1. The maximum atomic E-state index is 12.5. The third-order valence-electron chi connectivity index (χ3n) is 5.19. The van der Waals surface area contributed by atoms with E-state index in [2.05, 4.69) is 44.3 Å². The fraction of sp³-hybridized carbons (Fsp3) is 0.0385. The van der Waals surface area contributed by atoms with E-state index in [4.69, 9.17) is 0 Å². The van der Waals surface area contributed by atoms with Crippen LogP contribution in [-0.4, -0.2) is 22.1 Å². The SMILES string of the molecule is O=C(Nc1cccc(C(=O)NCc2ccccc2)c1)Nc1cc(-c2cc3ccccc3s2)[nH]n1. The number of H-pyrrole nitrogens is 1. The zero-order chi connectivity index (χ0) is 23.3. The zero-order valence-corrected chi connectivity index (χ0v) is 18.9. The highest BCUT2D eigenvalue weighted by atomic mass is 32.1. The lowest BCUT2D eigenvalue weighted by Crippen LogP contribution is -2.23. The number of anilines is 2. The molecule has 5 rings (SSSR count). The number of hydrogen-bond acceptors (Lipinski definition) is 4. The van der Waals surface area contributed by atoms with E-state index in [0.717, 1.165) is 21.5 Å². The van der Waals surface area contributed by atoms with Crippen LogP contribution < -0.4 is 16.0 Å². The average molecular weight is 468 g/mol. The first-order chi connectivity index (χ1) is 16.6. The second-order valence-corrected chi connectivity index (χ2v) is 8.73. The number of amides is 3. The van der Waals surface area contributed by atoms with Gasteiger partial charge in [-0.1, -0.05) is 54.6 Å². The van der Waals surface area contributed by atoms with E-state index in [-0.39, 0.29) is 5.91 Å².